The Balaban J connectivity index is 1.41. The summed E-state index contributed by atoms with van der Waals surface area (Å²) in [6.07, 6.45) is 1.42. The largest absolute Gasteiger partial charge is 0.481 e. The average molecular weight is 400 g/mol. The maximum atomic E-state index is 11.7. The van der Waals surface area contributed by atoms with Gasteiger partial charge in [-0.1, -0.05) is 0 Å². The van der Waals surface area contributed by atoms with Crippen LogP contribution in [0.2, 0.25) is 0 Å². The summed E-state index contributed by atoms with van der Waals surface area (Å²) in [5.74, 6) is -3.32. The molecule has 2 aliphatic rings. The standard InChI is InChI=1S/C18H28N2O8/c21-15-9-13(17(23)24)11-19(15)3-1-5-27-7-8-28-6-2-4-20-12-14(18(25)26)10-16(20)22/h13-14H,1-12H2,(H,23,24)(H,25,26). The first-order chi connectivity index (χ1) is 13.4. The minimum absolute atomic E-state index is 0.0734. The molecule has 10 nitrogen and oxygen atoms in total. The van der Waals surface area contributed by atoms with E-state index in [0.29, 0.717) is 52.4 Å². The van der Waals surface area contributed by atoms with E-state index in [1.807, 2.05) is 0 Å². The van der Waals surface area contributed by atoms with Crippen molar-refractivity contribution < 1.29 is 38.9 Å². The number of nitrogens with zero attached hydrogens (tertiary/aromatic N) is 2. The van der Waals surface area contributed by atoms with Gasteiger partial charge in [0.1, 0.15) is 0 Å². The van der Waals surface area contributed by atoms with Crippen molar-refractivity contribution in [2.45, 2.75) is 25.7 Å². The first-order valence-corrected chi connectivity index (χ1v) is 9.55. The van der Waals surface area contributed by atoms with E-state index in [2.05, 4.69) is 0 Å². The van der Waals surface area contributed by atoms with Gasteiger partial charge in [-0.3, -0.25) is 19.2 Å². The van der Waals surface area contributed by atoms with E-state index < -0.39 is 23.8 Å². The Hall–Kier alpha value is -2.20. The molecule has 2 N–H and O–H groups in total. The molecule has 2 saturated heterocycles. The van der Waals surface area contributed by atoms with Crippen LogP contribution in [-0.2, 0) is 28.7 Å². The van der Waals surface area contributed by atoms with Gasteiger partial charge < -0.3 is 29.5 Å². The van der Waals surface area contributed by atoms with Gasteiger partial charge in [-0.05, 0) is 12.8 Å². The third kappa shape index (κ3) is 6.75. The van der Waals surface area contributed by atoms with Crippen LogP contribution in [0.1, 0.15) is 25.7 Å². The van der Waals surface area contributed by atoms with Crippen molar-refractivity contribution in [2.24, 2.45) is 11.8 Å². The predicted octanol–water partition coefficient (Wildman–Crippen LogP) is -0.334. The maximum absolute atomic E-state index is 11.7. The smallest absolute Gasteiger partial charge is 0.308 e. The molecule has 0 bridgehead atoms. The van der Waals surface area contributed by atoms with E-state index in [0.717, 1.165) is 0 Å². The molecule has 158 valence electrons. The van der Waals surface area contributed by atoms with E-state index in [1.165, 1.54) is 0 Å². The van der Waals surface area contributed by atoms with Gasteiger partial charge in [0.25, 0.3) is 0 Å². The van der Waals surface area contributed by atoms with Gasteiger partial charge in [0.05, 0.1) is 25.0 Å². The average Bonchev–Trinajstić information content (AvgIpc) is 3.20. The molecule has 28 heavy (non-hydrogen) atoms. The molecular weight excluding hydrogens is 372 g/mol. The zero-order valence-corrected chi connectivity index (χ0v) is 15.9. The number of hydrogen-bond acceptors (Lipinski definition) is 6. The van der Waals surface area contributed by atoms with Crippen LogP contribution in [0, 0.1) is 11.8 Å². The van der Waals surface area contributed by atoms with Crippen molar-refractivity contribution in [3.05, 3.63) is 0 Å². The number of carbonyl (C=O) groups excluding carboxylic acids is 2. The SMILES string of the molecule is O=C(O)C1CC(=O)N(CCCOCCOCCCN2CC(C(=O)O)CC2=O)C1. The number of amides is 2. The second-order valence-electron chi connectivity index (χ2n) is 7.09. The number of hydrogen-bond donors (Lipinski definition) is 2. The van der Waals surface area contributed by atoms with Crippen molar-refractivity contribution in [2.75, 3.05) is 52.6 Å². The topological polar surface area (TPSA) is 134 Å². The highest BCUT2D eigenvalue weighted by Crippen LogP contribution is 2.18. The third-order valence-corrected chi connectivity index (χ3v) is 4.93. The fraction of sp³-hybridized carbons (Fsp3) is 0.778. The quantitative estimate of drug-likeness (QED) is 0.401. The van der Waals surface area contributed by atoms with Crippen LogP contribution in [0.15, 0.2) is 0 Å². The molecule has 0 radical (unpaired) electrons. The summed E-state index contributed by atoms with van der Waals surface area (Å²) in [6, 6.07) is 0. The lowest BCUT2D eigenvalue weighted by Crippen LogP contribution is -2.28. The molecule has 2 atom stereocenters. The summed E-state index contributed by atoms with van der Waals surface area (Å²) in [4.78, 5) is 48.2. The van der Waals surface area contributed by atoms with E-state index in [9.17, 15) is 19.2 Å². The first kappa shape index (κ1) is 22.1. The molecule has 2 heterocycles. The van der Waals surface area contributed by atoms with Crippen LogP contribution in [0.4, 0.5) is 0 Å². The number of likely N-dealkylation sites (tertiary alicyclic amines) is 2. The van der Waals surface area contributed by atoms with Gasteiger partial charge in [-0.2, -0.15) is 0 Å². The lowest BCUT2D eigenvalue weighted by molar-refractivity contribution is -0.142. The van der Waals surface area contributed by atoms with Crippen molar-refractivity contribution in [1.29, 1.82) is 0 Å². The Morgan fingerprint density at radius 2 is 1.18 bits per heavy atom. The summed E-state index contributed by atoms with van der Waals surface area (Å²) < 4.78 is 10.9. The van der Waals surface area contributed by atoms with E-state index in [-0.39, 0.29) is 37.7 Å². The second-order valence-corrected chi connectivity index (χ2v) is 7.09. The van der Waals surface area contributed by atoms with Gasteiger partial charge >= 0.3 is 11.9 Å². The van der Waals surface area contributed by atoms with Gasteiger partial charge in [0.15, 0.2) is 0 Å². The number of ether oxygens (including phenoxy) is 2. The van der Waals surface area contributed by atoms with Crippen LogP contribution in [0.3, 0.4) is 0 Å². The number of carboxylic acid groups (broad SMARTS) is 2. The predicted molar refractivity (Wildman–Crippen MR) is 95.5 cm³/mol. The molecule has 0 aromatic rings. The number of aliphatic carboxylic acids is 2. The molecule has 2 rings (SSSR count). The van der Waals surface area contributed by atoms with Crippen molar-refractivity contribution in [3.63, 3.8) is 0 Å². The highest BCUT2D eigenvalue weighted by Gasteiger charge is 2.34. The summed E-state index contributed by atoms with van der Waals surface area (Å²) in [5.41, 5.74) is 0. The van der Waals surface area contributed by atoms with Crippen molar-refractivity contribution >= 4 is 23.8 Å². The first-order valence-electron chi connectivity index (χ1n) is 9.55. The van der Waals surface area contributed by atoms with Gasteiger partial charge in [0, 0.05) is 52.2 Å². The molecular formula is C18H28N2O8. The van der Waals surface area contributed by atoms with E-state index in [4.69, 9.17) is 19.7 Å². The normalized spacial score (nSPS) is 22.3. The Kier molecular flexibility index (Phi) is 8.65. The van der Waals surface area contributed by atoms with Crippen LogP contribution in [-0.4, -0.2) is 96.4 Å². The number of carboxylic acids is 2. The molecule has 0 saturated carbocycles. The maximum Gasteiger partial charge on any atom is 0.308 e. The summed E-state index contributed by atoms with van der Waals surface area (Å²) in [6.45, 7) is 3.27. The monoisotopic (exact) mass is 400 g/mol. The zero-order chi connectivity index (χ0) is 20.5. The zero-order valence-electron chi connectivity index (χ0n) is 15.9. The fourth-order valence-corrected chi connectivity index (χ4v) is 3.34. The molecule has 10 heteroatoms. The molecule has 2 aliphatic heterocycles. The highest BCUT2D eigenvalue weighted by atomic mass is 16.5. The summed E-state index contributed by atoms with van der Waals surface area (Å²) in [5, 5.41) is 17.9. The van der Waals surface area contributed by atoms with Gasteiger partial charge in [-0.25, -0.2) is 0 Å². The Morgan fingerprint density at radius 3 is 1.50 bits per heavy atom. The summed E-state index contributed by atoms with van der Waals surface area (Å²) >= 11 is 0. The molecule has 0 spiro atoms. The third-order valence-electron chi connectivity index (χ3n) is 4.93. The number of carbonyl (C=O) groups is 4. The minimum atomic E-state index is -0.931. The van der Waals surface area contributed by atoms with Crippen molar-refractivity contribution in [1.82, 2.24) is 9.80 Å². The Morgan fingerprint density at radius 1 is 0.786 bits per heavy atom. The Bertz CT molecular complexity index is 532. The lowest BCUT2D eigenvalue weighted by atomic mass is 10.1. The summed E-state index contributed by atoms with van der Waals surface area (Å²) in [7, 11) is 0. The lowest BCUT2D eigenvalue weighted by Gasteiger charge is -2.16. The second kappa shape index (κ2) is 11.0. The number of rotatable bonds is 13. The molecule has 0 aromatic carbocycles. The molecule has 2 amide bonds. The molecule has 0 aromatic heterocycles. The van der Waals surface area contributed by atoms with Crippen LogP contribution in [0.25, 0.3) is 0 Å². The van der Waals surface area contributed by atoms with Crippen LogP contribution in [0.5, 0.6) is 0 Å². The van der Waals surface area contributed by atoms with Gasteiger partial charge in [-0.15, -0.1) is 0 Å². The fourth-order valence-electron chi connectivity index (χ4n) is 3.34. The van der Waals surface area contributed by atoms with Gasteiger partial charge in [0.2, 0.25) is 11.8 Å². The van der Waals surface area contributed by atoms with Crippen LogP contribution >= 0.6 is 0 Å². The molecule has 0 aliphatic carbocycles. The van der Waals surface area contributed by atoms with Crippen LogP contribution < -0.4 is 0 Å². The molecule has 2 unspecified atom stereocenters. The van der Waals surface area contributed by atoms with E-state index >= 15 is 0 Å². The highest BCUT2D eigenvalue weighted by molar-refractivity contribution is 5.86. The Labute approximate surface area is 163 Å². The molecule has 2 fully saturated rings. The minimum Gasteiger partial charge on any atom is -0.481 e. The van der Waals surface area contributed by atoms with E-state index in [1.54, 1.807) is 9.80 Å². The van der Waals surface area contributed by atoms with Crippen molar-refractivity contribution in [3.8, 4) is 0 Å².